The predicted molar refractivity (Wildman–Crippen MR) is 91.9 cm³/mol. The van der Waals surface area contributed by atoms with E-state index in [1.165, 1.54) is 5.56 Å². The van der Waals surface area contributed by atoms with Crippen LogP contribution in [0.3, 0.4) is 0 Å². The highest BCUT2D eigenvalue weighted by molar-refractivity contribution is 5.89. The lowest BCUT2D eigenvalue weighted by atomic mass is 10.1. The van der Waals surface area contributed by atoms with Crippen molar-refractivity contribution in [1.82, 2.24) is 9.80 Å². The van der Waals surface area contributed by atoms with Gasteiger partial charge in [0, 0.05) is 32.6 Å². The lowest BCUT2D eigenvalue weighted by Crippen LogP contribution is -2.38. The van der Waals surface area contributed by atoms with Gasteiger partial charge in [-0.15, -0.1) is 0 Å². The van der Waals surface area contributed by atoms with Gasteiger partial charge >= 0.3 is 0 Å². The van der Waals surface area contributed by atoms with Crippen LogP contribution in [0, 0.1) is 12.8 Å². The molecule has 0 radical (unpaired) electrons. The summed E-state index contributed by atoms with van der Waals surface area (Å²) in [7, 11) is 0. The van der Waals surface area contributed by atoms with Gasteiger partial charge in [-0.25, -0.2) is 0 Å². The van der Waals surface area contributed by atoms with Gasteiger partial charge in [0.25, 0.3) is 0 Å². The topological polar surface area (TPSA) is 40.6 Å². The number of carbonyl (C=O) groups is 2. The van der Waals surface area contributed by atoms with Crippen molar-refractivity contribution in [3.8, 4) is 0 Å². The number of hydrogen-bond donors (Lipinski definition) is 0. The molecule has 1 atom stereocenters. The standard InChI is InChI=1S/C19H28N2O2/c1-4-10-20(11-5-2)19(23)17-12-18(22)21(14-17)13-16-8-6-15(3)7-9-16/h6-9,17H,4-5,10-14H2,1-3H3. The minimum absolute atomic E-state index is 0.0943. The van der Waals surface area contributed by atoms with Crippen LogP contribution in [-0.4, -0.2) is 41.2 Å². The third-order valence-corrected chi connectivity index (χ3v) is 4.36. The zero-order valence-corrected chi connectivity index (χ0v) is 14.5. The lowest BCUT2D eigenvalue weighted by molar-refractivity contribution is -0.136. The second kappa shape index (κ2) is 8.14. The first kappa shape index (κ1) is 17.5. The van der Waals surface area contributed by atoms with Gasteiger partial charge in [0.2, 0.25) is 11.8 Å². The summed E-state index contributed by atoms with van der Waals surface area (Å²) in [6.07, 6.45) is 2.27. The van der Waals surface area contributed by atoms with E-state index in [1.807, 2.05) is 9.80 Å². The summed E-state index contributed by atoms with van der Waals surface area (Å²) in [6.45, 7) is 8.94. The Hall–Kier alpha value is -1.84. The second-order valence-electron chi connectivity index (χ2n) is 6.49. The number of aryl methyl sites for hydroxylation is 1. The first-order chi connectivity index (χ1) is 11.0. The van der Waals surface area contributed by atoms with Crippen LogP contribution in [0.5, 0.6) is 0 Å². The summed E-state index contributed by atoms with van der Waals surface area (Å²) in [5.74, 6) is 0.0661. The fourth-order valence-electron chi connectivity index (χ4n) is 3.13. The Labute approximate surface area is 139 Å². The number of carbonyl (C=O) groups excluding carboxylic acids is 2. The molecule has 1 aliphatic rings. The molecule has 2 amide bonds. The van der Waals surface area contributed by atoms with Crippen molar-refractivity contribution in [2.24, 2.45) is 5.92 Å². The van der Waals surface area contributed by atoms with Gasteiger partial charge in [0.05, 0.1) is 5.92 Å². The molecule has 0 aliphatic carbocycles. The van der Waals surface area contributed by atoms with Crippen LogP contribution in [0.25, 0.3) is 0 Å². The normalized spacial score (nSPS) is 17.6. The minimum Gasteiger partial charge on any atom is -0.342 e. The molecule has 0 N–H and O–H groups in total. The van der Waals surface area contributed by atoms with Crippen LogP contribution in [0.15, 0.2) is 24.3 Å². The van der Waals surface area contributed by atoms with Crippen LogP contribution < -0.4 is 0 Å². The molecule has 2 rings (SSSR count). The van der Waals surface area contributed by atoms with Crippen LogP contribution >= 0.6 is 0 Å². The van der Waals surface area contributed by atoms with Crippen LogP contribution in [0.1, 0.15) is 44.2 Å². The number of rotatable bonds is 7. The quantitative estimate of drug-likeness (QED) is 0.776. The molecule has 1 aromatic carbocycles. The molecule has 23 heavy (non-hydrogen) atoms. The van der Waals surface area contributed by atoms with Crippen LogP contribution in [-0.2, 0) is 16.1 Å². The molecule has 1 aromatic rings. The SMILES string of the molecule is CCCN(CCC)C(=O)C1CC(=O)N(Cc2ccc(C)cc2)C1. The van der Waals surface area contributed by atoms with Crippen LogP contribution in [0.2, 0.25) is 0 Å². The van der Waals surface area contributed by atoms with E-state index in [4.69, 9.17) is 0 Å². The van der Waals surface area contributed by atoms with E-state index >= 15 is 0 Å². The number of likely N-dealkylation sites (tertiary alicyclic amines) is 1. The molecule has 1 fully saturated rings. The maximum absolute atomic E-state index is 12.7. The summed E-state index contributed by atoms with van der Waals surface area (Å²) in [5, 5.41) is 0. The molecule has 1 unspecified atom stereocenters. The fourth-order valence-corrected chi connectivity index (χ4v) is 3.13. The molecule has 4 heteroatoms. The Kier molecular flexibility index (Phi) is 6.20. The Morgan fingerprint density at radius 1 is 1.17 bits per heavy atom. The van der Waals surface area contributed by atoms with Crippen molar-refractivity contribution in [1.29, 1.82) is 0 Å². The molecule has 1 aliphatic heterocycles. The highest BCUT2D eigenvalue weighted by atomic mass is 16.2. The first-order valence-corrected chi connectivity index (χ1v) is 8.67. The van der Waals surface area contributed by atoms with Gasteiger partial charge in [-0.3, -0.25) is 9.59 Å². The average Bonchev–Trinajstić information content (AvgIpc) is 2.89. The highest BCUT2D eigenvalue weighted by Crippen LogP contribution is 2.22. The zero-order chi connectivity index (χ0) is 16.8. The van der Waals surface area contributed by atoms with Crippen molar-refractivity contribution in [3.63, 3.8) is 0 Å². The summed E-state index contributed by atoms with van der Waals surface area (Å²) in [4.78, 5) is 28.7. The number of nitrogens with zero attached hydrogens (tertiary/aromatic N) is 2. The Morgan fingerprint density at radius 2 is 1.78 bits per heavy atom. The summed E-state index contributed by atoms with van der Waals surface area (Å²) < 4.78 is 0. The molecular formula is C19H28N2O2. The largest absolute Gasteiger partial charge is 0.342 e. The number of amides is 2. The monoisotopic (exact) mass is 316 g/mol. The molecule has 126 valence electrons. The number of hydrogen-bond acceptors (Lipinski definition) is 2. The van der Waals surface area contributed by atoms with Gasteiger partial charge in [0.15, 0.2) is 0 Å². The molecule has 4 nitrogen and oxygen atoms in total. The Morgan fingerprint density at radius 3 is 2.35 bits per heavy atom. The first-order valence-electron chi connectivity index (χ1n) is 8.67. The van der Waals surface area contributed by atoms with E-state index in [1.54, 1.807) is 0 Å². The van der Waals surface area contributed by atoms with E-state index in [2.05, 4.69) is 45.0 Å². The minimum atomic E-state index is -0.175. The van der Waals surface area contributed by atoms with Crippen LogP contribution in [0.4, 0.5) is 0 Å². The number of benzene rings is 1. The van der Waals surface area contributed by atoms with Gasteiger partial charge in [-0.05, 0) is 25.3 Å². The Bertz CT molecular complexity index is 533. The van der Waals surface area contributed by atoms with Crippen molar-refractivity contribution >= 4 is 11.8 Å². The van der Waals surface area contributed by atoms with E-state index in [9.17, 15) is 9.59 Å². The van der Waals surface area contributed by atoms with Gasteiger partial charge in [-0.1, -0.05) is 43.7 Å². The highest BCUT2D eigenvalue weighted by Gasteiger charge is 2.36. The van der Waals surface area contributed by atoms with Gasteiger partial charge in [-0.2, -0.15) is 0 Å². The van der Waals surface area contributed by atoms with Crippen molar-refractivity contribution < 1.29 is 9.59 Å². The van der Waals surface area contributed by atoms with E-state index in [0.717, 1.165) is 31.5 Å². The fraction of sp³-hybridized carbons (Fsp3) is 0.579. The molecule has 0 spiro atoms. The summed E-state index contributed by atoms with van der Waals surface area (Å²) in [6, 6.07) is 8.22. The molecular weight excluding hydrogens is 288 g/mol. The van der Waals surface area contributed by atoms with Crippen molar-refractivity contribution in [2.75, 3.05) is 19.6 Å². The molecule has 0 bridgehead atoms. The molecule has 0 aromatic heterocycles. The van der Waals surface area contributed by atoms with E-state index < -0.39 is 0 Å². The molecule has 1 heterocycles. The summed E-state index contributed by atoms with van der Waals surface area (Å²) in [5.41, 5.74) is 2.33. The van der Waals surface area contributed by atoms with E-state index in [-0.39, 0.29) is 17.7 Å². The van der Waals surface area contributed by atoms with Gasteiger partial charge in [0.1, 0.15) is 0 Å². The Balaban J connectivity index is 1.98. The predicted octanol–water partition coefficient (Wildman–Crippen LogP) is 2.99. The van der Waals surface area contributed by atoms with Crippen molar-refractivity contribution in [3.05, 3.63) is 35.4 Å². The second-order valence-corrected chi connectivity index (χ2v) is 6.49. The lowest BCUT2D eigenvalue weighted by Gasteiger charge is -2.24. The molecule has 0 saturated carbocycles. The van der Waals surface area contributed by atoms with E-state index in [0.29, 0.717) is 19.5 Å². The average molecular weight is 316 g/mol. The maximum atomic E-state index is 12.7. The third-order valence-electron chi connectivity index (χ3n) is 4.36. The third kappa shape index (κ3) is 4.57. The maximum Gasteiger partial charge on any atom is 0.227 e. The summed E-state index contributed by atoms with van der Waals surface area (Å²) >= 11 is 0. The van der Waals surface area contributed by atoms with Crippen molar-refractivity contribution in [2.45, 2.75) is 46.6 Å². The zero-order valence-electron chi connectivity index (χ0n) is 14.5. The molecule has 1 saturated heterocycles. The van der Waals surface area contributed by atoms with Gasteiger partial charge < -0.3 is 9.80 Å². The smallest absolute Gasteiger partial charge is 0.227 e.